The van der Waals surface area contributed by atoms with Gasteiger partial charge in [0.1, 0.15) is 17.3 Å². The van der Waals surface area contributed by atoms with E-state index in [1.54, 1.807) is 14.2 Å². The fraction of sp³-hybridized carbons (Fsp3) is 0.609. The molecule has 0 radical (unpaired) electrons. The molecule has 0 aliphatic carbocycles. The quantitative estimate of drug-likeness (QED) is 0.502. The van der Waals surface area contributed by atoms with Gasteiger partial charge in [-0.15, -0.1) is 10.2 Å². The number of methoxy groups -OCH3 is 2. The molecule has 9 nitrogen and oxygen atoms in total. The van der Waals surface area contributed by atoms with Gasteiger partial charge in [-0.25, -0.2) is 0 Å². The van der Waals surface area contributed by atoms with E-state index in [0.29, 0.717) is 12.6 Å². The number of nitrogens with zero attached hydrogens (tertiary/aromatic N) is 5. The van der Waals surface area contributed by atoms with Gasteiger partial charge in [-0.3, -0.25) is 9.89 Å². The number of likely N-dealkylation sites (tertiary alicyclic amines) is 1. The van der Waals surface area contributed by atoms with Crippen LogP contribution in [0.15, 0.2) is 23.2 Å². The summed E-state index contributed by atoms with van der Waals surface area (Å²) >= 11 is 0. The van der Waals surface area contributed by atoms with Gasteiger partial charge in [0.2, 0.25) is 0 Å². The predicted octanol–water partition coefficient (Wildman–Crippen LogP) is 1.96. The number of aliphatic imine (C=N–C) groups is 1. The van der Waals surface area contributed by atoms with Crippen LogP contribution in [0.4, 0.5) is 0 Å². The Hall–Kier alpha value is -2.81. The summed E-state index contributed by atoms with van der Waals surface area (Å²) in [5.41, 5.74) is 1.19. The van der Waals surface area contributed by atoms with E-state index < -0.39 is 0 Å². The molecule has 1 aromatic carbocycles. The van der Waals surface area contributed by atoms with Crippen LogP contribution in [0.5, 0.6) is 11.5 Å². The molecule has 174 valence electrons. The Balaban J connectivity index is 1.29. The molecule has 0 bridgehead atoms. The molecule has 2 aliphatic rings. The molecule has 0 spiro atoms. The van der Waals surface area contributed by atoms with Gasteiger partial charge in [0.15, 0.2) is 11.8 Å². The van der Waals surface area contributed by atoms with E-state index in [4.69, 9.17) is 9.47 Å². The minimum atomic E-state index is 0.351. The van der Waals surface area contributed by atoms with Crippen molar-refractivity contribution in [2.24, 2.45) is 4.99 Å². The number of hydrogen-bond donors (Lipinski definition) is 2. The molecule has 0 amide bonds. The van der Waals surface area contributed by atoms with Crippen molar-refractivity contribution < 1.29 is 9.47 Å². The average Bonchev–Trinajstić information content (AvgIpc) is 3.34. The van der Waals surface area contributed by atoms with Crippen molar-refractivity contribution in [2.45, 2.75) is 57.8 Å². The van der Waals surface area contributed by atoms with Gasteiger partial charge < -0.3 is 24.7 Å². The van der Waals surface area contributed by atoms with Gasteiger partial charge in [0.25, 0.3) is 0 Å². The number of benzene rings is 1. The first kappa shape index (κ1) is 22.4. The number of hydrogen-bond acceptors (Lipinski definition) is 6. The average molecular weight is 442 g/mol. The van der Waals surface area contributed by atoms with Crippen LogP contribution in [0.2, 0.25) is 0 Å². The molecule has 1 fully saturated rings. The van der Waals surface area contributed by atoms with Gasteiger partial charge in [-0.05, 0) is 37.0 Å². The van der Waals surface area contributed by atoms with Crippen molar-refractivity contribution in [3.05, 3.63) is 35.4 Å². The fourth-order valence-electron chi connectivity index (χ4n) is 4.54. The van der Waals surface area contributed by atoms with Crippen LogP contribution in [-0.2, 0) is 26.1 Å². The standard InChI is InChI=1S/C23H35N7O2/c1-24-23(25-14-22-28-27-21-7-5-4-6-9-30(21)22)26-18-8-10-29(16-18)15-17-11-19(31-2)13-20(12-17)32-3/h11-13,18H,4-10,14-16H2,1-3H3,(H2,24,25,26). The summed E-state index contributed by atoms with van der Waals surface area (Å²) in [5, 5.41) is 15.8. The van der Waals surface area contributed by atoms with Crippen LogP contribution >= 0.6 is 0 Å². The number of guanidine groups is 1. The summed E-state index contributed by atoms with van der Waals surface area (Å²) in [6, 6.07) is 6.40. The molecule has 4 rings (SSSR count). The lowest BCUT2D eigenvalue weighted by atomic mass is 10.2. The molecule has 2 aliphatic heterocycles. The van der Waals surface area contributed by atoms with Crippen LogP contribution in [0, 0.1) is 0 Å². The maximum atomic E-state index is 5.40. The van der Waals surface area contributed by atoms with Gasteiger partial charge in [-0.2, -0.15) is 0 Å². The smallest absolute Gasteiger partial charge is 0.191 e. The zero-order chi connectivity index (χ0) is 22.3. The highest BCUT2D eigenvalue weighted by molar-refractivity contribution is 5.79. The second-order valence-corrected chi connectivity index (χ2v) is 8.51. The highest BCUT2D eigenvalue weighted by Crippen LogP contribution is 2.24. The summed E-state index contributed by atoms with van der Waals surface area (Å²) in [7, 11) is 5.18. The van der Waals surface area contributed by atoms with Crippen molar-refractivity contribution in [3.63, 3.8) is 0 Å². The molecule has 1 saturated heterocycles. The minimum absolute atomic E-state index is 0.351. The molecule has 1 aromatic heterocycles. The summed E-state index contributed by atoms with van der Waals surface area (Å²) < 4.78 is 13.1. The van der Waals surface area contributed by atoms with Gasteiger partial charge >= 0.3 is 0 Å². The summed E-state index contributed by atoms with van der Waals surface area (Å²) in [6.07, 6.45) is 5.76. The highest BCUT2D eigenvalue weighted by atomic mass is 16.5. The Morgan fingerprint density at radius 1 is 1.09 bits per heavy atom. The maximum Gasteiger partial charge on any atom is 0.191 e. The lowest BCUT2D eigenvalue weighted by molar-refractivity contribution is 0.321. The van der Waals surface area contributed by atoms with Crippen LogP contribution in [0.25, 0.3) is 0 Å². The van der Waals surface area contributed by atoms with Crippen LogP contribution in [0.1, 0.15) is 42.9 Å². The van der Waals surface area contributed by atoms with Crippen molar-refractivity contribution in [2.75, 3.05) is 34.4 Å². The number of ether oxygens (including phenoxy) is 2. The fourth-order valence-corrected chi connectivity index (χ4v) is 4.54. The molecule has 9 heteroatoms. The Bertz CT molecular complexity index is 905. The lowest BCUT2D eigenvalue weighted by Gasteiger charge is -2.19. The summed E-state index contributed by atoms with van der Waals surface area (Å²) in [5.74, 6) is 4.56. The topological polar surface area (TPSA) is 88.8 Å². The molecule has 1 atom stereocenters. The van der Waals surface area contributed by atoms with Gasteiger partial charge in [0.05, 0.1) is 20.8 Å². The molecular formula is C23H35N7O2. The third kappa shape index (κ3) is 5.51. The second-order valence-electron chi connectivity index (χ2n) is 8.51. The molecule has 32 heavy (non-hydrogen) atoms. The van der Waals surface area contributed by atoms with Gasteiger partial charge in [-0.1, -0.05) is 6.42 Å². The first-order valence-corrected chi connectivity index (χ1v) is 11.5. The van der Waals surface area contributed by atoms with Crippen LogP contribution in [0.3, 0.4) is 0 Å². The number of aryl methyl sites for hydroxylation is 1. The van der Waals surface area contributed by atoms with Crippen molar-refractivity contribution in [1.82, 2.24) is 30.3 Å². The van der Waals surface area contributed by atoms with E-state index >= 15 is 0 Å². The Kier molecular flexibility index (Phi) is 7.47. The Morgan fingerprint density at radius 2 is 1.91 bits per heavy atom. The molecule has 0 saturated carbocycles. The minimum Gasteiger partial charge on any atom is -0.497 e. The van der Waals surface area contributed by atoms with Crippen LogP contribution < -0.4 is 20.1 Å². The largest absolute Gasteiger partial charge is 0.497 e. The zero-order valence-corrected chi connectivity index (χ0v) is 19.4. The number of fused-ring (bicyclic) bond motifs is 1. The SMILES string of the molecule is CN=C(NCc1nnc2n1CCCCC2)NC1CCN(Cc2cc(OC)cc(OC)c2)C1. The molecule has 1 unspecified atom stereocenters. The summed E-state index contributed by atoms with van der Waals surface area (Å²) in [4.78, 5) is 6.86. The summed E-state index contributed by atoms with van der Waals surface area (Å²) in [6.45, 7) is 4.50. The third-order valence-corrected chi connectivity index (χ3v) is 6.25. The number of rotatable bonds is 7. The van der Waals surface area contributed by atoms with E-state index in [0.717, 1.165) is 68.1 Å². The van der Waals surface area contributed by atoms with E-state index in [-0.39, 0.29) is 0 Å². The first-order chi connectivity index (χ1) is 15.7. The first-order valence-electron chi connectivity index (χ1n) is 11.5. The van der Waals surface area contributed by atoms with E-state index in [1.165, 1.54) is 24.8 Å². The highest BCUT2D eigenvalue weighted by Gasteiger charge is 2.24. The second kappa shape index (κ2) is 10.7. The van der Waals surface area contributed by atoms with Gasteiger partial charge in [0, 0.05) is 51.8 Å². The lowest BCUT2D eigenvalue weighted by Crippen LogP contribution is -2.44. The molecule has 3 heterocycles. The number of nitrogens with one attached hydrogen (secondary N) is 2. The zero-order valence-electron chi connectivity index (χ0n) is 19.4. The van der Waals surface area contributed by atoms with E-state index in [9.17, 15) is 0 Å². The molecule has 2 aromatic rings. The van der Waals surface area contributed by atoms with Crippen molar-refractivity contribution >= 4 is 5.96 Å². The monoisotopic (exact) mass is 441 g/mol. The Morgan fingerprint density at radius 3 is 2.66 bits per heavy atom. The van der Waals surface area contributed by atoms with E-state index in [2.05, 4.69) is 47.4 Å². The number of aromatic nitrogens is 3. The van der Waals surface area contributed by atoms with Crippen molar-refractivity contribution in [3.8, 4) is 11.5 Å². The van der Waals surface area contributed by atoms with Crippen molar-refractivity contribution in [1.29, 1.82) is 0 Å². The predicted molar refractivity (Wildman–Crippen MR) is 124 cm³/mol. The Labute approximate surface area is 190 Å². The molecular weight excluding hydrogens is 406 g/mol. The third-order valence-electron chi connectivity index (χ3n) is 6.25. The maximum absolute atomic E-state index is 5.40. The van der Waals surface area contributed by atoms with E-state index in [1.807, 2.05) is 13.1 Å². The van der Waals surface area contributed by atoms with Crippen LogP contribution in [-0.4, -0.2) is 66.0 Å². The molecule has 2 N–H and O–H groups in total. The normalized spacial score (nSPS) is 19.3.